The quantitative estimate of drug-likeness (QED) is 0.791. The zero-order valence-corrected chi connectivity index (χ0v) is 10.8. The van der Waals surface area contributed by atoms with Crippen LogP contribution in [0.25, 0.3) is 0 Å². The summed E-state index contributed by atoms with van der Waals surface area (Å²) >= 11 is 0. The Kier molecular flexibility index (Phi) is 4.48. The Morgan fingerprint density at radius 2 is 1.88 bits per heavy atom. The molecule has 0 aromatic carbocycles. The van der Waals surface area contributed by atoms with Crippen LogP contribution in [-0.2, 0) is 9.59 Å². The van der Waals surface area contributed by atoms with E-state index in [1.54, 1.807) is 0 Å². The molecular formula is C12H21FN2O2. The molecule has 1 rings (SSSR count). The molecular weight excluding hydrogens is 223 g/mol. The van der Waals surface area contributed by atoms with Crippen molar-refractivity contribution in [1.82, 2.24) is 10.2 Å². The molecule has 1 aliphatic heterocycles. The molecule has 1 saturated heterocycles. The molecule has 2 amide bonds. The average Bonchev–Trinajstić information content (AvgIpc) is 2.34. The van der Waals surface area contributed by atoms with E-state index in [1.165, 1.54) is 4.90 Å². The monoisotopic (exact) mass is 244 g/mol. The summed E-state index contributed by atoms with van der Waals surface area (Å²) in [7, 11) is 0. The van der Waals surface area contributed by atoms with Crippen LogP contribution in [0.3, 0.4) is 0 Å². The third kappa shape index (κ3) is 2.28. The predicted molar refractivity (Wildman–Crippen MR) is 63.2 cm³/mol. The van der Waals surface area contributed by atoms with Crippen LogP contribution in [0.1, 0.15) is 40.0 Å². The molecule has 0 spiro atoms. The summed E-state index contributed by atoms with van der Waals surface area (Å²) in [5.74, 6) is -0.309. The SMILES string of the molecule is CCC1C(=O)NC(CC)(CC)C(=O)N1CCF. The zero-order chi connectivity index (χ0) is 13.1. The summed E-state index contributed by atoms with van der Waals surface area (Å²) in [6.45, 7) is 4.95. The predicted octanol–water partition coefficient (Wildman–Crippen LogP) is 1.25. The molecule has 0 saturated carbocycles. The molecule has 0 aromatic heterocycles. The topological polar surface area (TPSA) is 49.4 Å². The van der Waals surface area contributed by atoms with E-state index in [0.29, 0.717) is 19.3 Å². The van der Waals surface area contributed by atoms with Crippen molar-refractivity contribution < 1.29 is 14.0 Å². The molecule has 1 fully saturated rings. The van der Waals surface area contributed by atoms with E-state index in [2.05, 4.69) is 5.32 Å². The Morgan fingerprint density at radius 1 is 1.29 bits per heavy atom. The molecule has 0 aliphatic carbocycles. The number of amides is 2. The van der Waals surface area contributed by atoms with Crippen LogP contribution in [-0.4, -0.2) is 41.5 Å². The number of alkyl halides is 1. The van der Waals surface area contributed by atoms with Crippen molar-refractivity contribution >= 4 is 11.8 Å². The molecule has 0 aromatic rings. The minimum atomic E-state index is -0.835. The van der Waals surface area contributed by atoms with Crippen molar-refractivity contribution in [3.05, 3.63) is 0 Å². The number of nitrogens with one attached hydrogen (secondary N) is 1. The molecule has 1 heterocycles. The lowest BCUT2D eigenvalue weighted by Gasteiger charge is -2.45. The van der Waals surface area contributed by atoms with Gasteiger partial charge in [0.25, 0.3) is 0 Å². The summed E-state index contributed by atoms with van der Waals surface area (Å²) in [5, 5.41) is 2.82. The molecule has 17 heavy (non-hydrogen) atoms. The fourth-order valence-corrected chi connectivity index (χ4v) is 2.41. The highest BCUT2D eigenvalue weighted by Crippen LogP contribution is 2.25. The van der Waals surface area contributed by atoms with E-state index < -0.39 is 18.3 Å². The molecule has 1 aliphatic rings. The van der Waals surface area contributed by atoms with Crippen molar-refractivity contribution in [2.24, 2.45) is 0 Å². The maximum Gasteiger partial charge on any atom is 0.249 e. The highest BCUT2D eigenvalue weighted by molar-refractivity contribution is 5.99. The molecule has 0 radical (unpaired) electrons. The highest BCUT2D eigenvalue weighted by Gasteiger charge is 2.47. The first-order valence-electron chi connectivity index (χ1n) is 6.25. The zero-order valence-electron chi connectivity index (χ0n) is 10.8. The molecule has 1 N–H and O–H groups in total. The summed E-state index contributed by atoms with van der Waals surface area (Å²) in [6, 6.07) is -0.524. The largest absolute Gasteiger partial charge is 0.340 e. The minimum absolute atomic E-state index is 0.00646. The summed E-state index contributed by atoms with van der Waals surface area (Å²) in [5.41, 5.74) is -0.835. The number of carbonyl (C=O) groups excluding carboxylic acids is 2. The van der Waals surface area contributed by atoms with E-state index in [4.69, 9.17) is 0 Å². The molecule has 0 bridgehead atoms. The van der Waals surface area contributed by atoms with Crippen molar-refractivity contribution in [1.29, 1.82) is 0 Å². The standard InChI is InChI=1S/C12H21FN2O2/c1-4-9-10(16)14-12(5-2,6-3)11(17)15(9)8-7-13/h9H,4-8H2,1-3H3,(H,14,16). The maximum atomic E-state index is 12.5. The molecule has 98 valence electrons. The highest BCUT2D eigenvalue weighted by atomic mass is 19.1. The third-order valence-corrected chi connectivity index (χ3v) is 3.63. The van der Waals surface area contributed by atoms with Gasteiger partial charge < -0.3 is 10.2 Å². The second-order valence-corrected chi connectivity index (χ2v) is 4.39. The summed E-state index contributed by atoms with van der Waals surface area (Å²) in [6.07, 6.45) is 1.58. The van der Waals surface area contributed by atoms with Gasteiger partial charge in [-0.05, 0) is 19.3 Å². The van der Waals surface area contributed by atoms with Crippen molar-refractivity contribution in [3.8, 4) is 0 Å². The second-order valence-electron chi connectivity index (χ2n) is 4.39. The van der Waals surface area contributed by atoms with Gasteiger partial charge in [0.2, 0.25) is 11.8 Å². The number of nitrogens with zero attached hydrogens (tertiary/aromatic N) is 1. The van der Waals surface area contributed by atoms with Crippen LogP contribution in [0.15, 0.2) is 0 Å². The van der Waals surface area contributed by atoms with Gasteiger partial charge in [-0.25, -0.2) is 4.39 Å². The van der Waals surface area contributed by atoms with Gasteiger partial charge in [-0.1, -0.05) is 20.8 Å². The Labute approximate surface area is 102 Å². The van der Waals surface area contributed by atoms with Gasteiger partial charge >= 0.3 is 0 Å². The minimum Gasteiger partial charge on any atom is -0.340 e. The van der Waals surface area contributed by atoms with E-state index in [1.807, 2.05) is 20.8 Å². The van der Waals surface area contributed by atoms with Gasteiger partial charge in [0, 0.05) is 6.54 Å². The normalized spacial score (nSPS) is 23.8. The van der Waals surface area contributed by atoms with Gasteiger partial charge in [0.05, 0.1) is 0 Å². The number of piperazine rings is 1. The Bertz CT molecular complexity index is 303. The average molecular weight is 244 g/mol. The lowest BCUT2D eigenvalue weighted by molar-refractivity contribution is -0.155. The van der Waals surface area contributed by atoms with Crippen molar-refractivity contribution in [2.75, 3.05) is 13.2 Å². The lowest BCUT2D eigenvalue weighted by Crippen LogP contribution is -2.70. The molecule has 1 atom stereocenters. The van der Waals surface area contributed by atoms with Crippen LogP contribution in [0.4, 0.5) is 4.39 Å². The van der Waals surface area contributed by atoms with Gasteiger partial charge in [0.15, 0.2) is 0 Å². The lowest BCUT2D eigenvalue weighted by atomic mass is 9.86. The fraction of sp³-hybridized carbons (Fsp3) is 0.833. The first kappa shape index (κ1) is 13.9. The molecule has 5 heteroatoms. The van der Waals surface area contributed by atoms with Crippen LogP contribution < -0.4 is 5.32 Å². The number of hydrogen-bond donors (Lipinski definition) is 1. The van der Waals surface area contributed by atoms with Gasteiger partial charge in [-0.15, -0.1) is 0 Å². The van der Waals surface area contributed by atoms with E-state index >= 15 is 0 Å². The summed E-state index contributed by atoms with van der Waals surface area (Å²) < 4.78 is 12.5. The Hall–Kier alpha value is -1.13. The number of rotatable bonds is 5. The maximum absolute atomic E-state index is 12.5. The number of hydrogen-bond acceptors (Lipinski definition) is 2. The Balaban J connectivity index is 3.05. The number of carbonyl (C=O) groups is 2. The third-order valence-electron chi connectivity index (χ3n) is 3.63. The first-order valence-corrected chi connectivity index (χ1v) is 6.25. The Morgan fingerprint density at radius 3 is 2.29 bits per heavy atom. The van der Waals surface area contributed by atoms with E-state index in [0.717, 1.165) is 0 Å². The van der Waals surface area contributed by atoms with Crippen LogP contribution in [0, 0.1) is 0 Å². The van der Waals surface area contributed by atoms with E-state index in [9.17, 15) is 14.0 Å². The van der Waals surface area contributed by atoms with E-state index in [-0.39, 0.29) is 18.4 Å². The van der Waals surface area contributed by atoms with Gasteiger partial charge in [0.1, 0.15) is 18.3 Å². The van der Waals surface area contributed by atoms with Crippen molar-refractivity contribution in [2.45, 2.75) is 51.6 Å². The van der Waals surface area contributed by atoms with Crippen LogP contribution in [0.5, 0.6) is 0 Å². The van der Waals surface area contributed by atoms with Gasteiger partial charge in [-0.2, -0.15) is 0 Å². The van der Waals surface area contributed by atoms with Crippen LogP contribution >= 0.6 is 0 Å². The number of halogens is 1. The fourth-order valence-electron chi connectivity index (χ4n) is 2.41. The summed E-state index contributed by atoms with van der Waals surface area (Å²) in [4.78, 5) is 25.7. The van der Waals surface area contributed by atoms with Crippen LogP contribution in [0.2, 0.25) is 0 Å². The molecule has 4 nitrogen and oxygen atoms in total. The first-order chi connectivity index (χ1) is 8.06. The van der Waals surface area contributed by atoms with Gasteiger partial charge in [-0.3, -0.25) is 9.59 Å². The second kappa shape index (κ2) is 5.47. The smallest absolute Gasteiger partial charge is 0.249 e. The molecule has 1 unspecified atom stereocenters. The van der Waals surface area contributed by atoms with Crippen molar-refractivity contribution in [3.63, 3.8) is 0 Å².